The van der Waals surface area contributed by atoms with Crippen LogP contribution in [0.25, 0.3) is 0 Å². The van der Waals surface area contributed by atoms with Crippen LogP contribution in [-0.2, 0) is 4.79 Å². The van der Waals surface area contributed by atoms with Crippen LogP contribution in [0.3, 0.4) is 0 Å². The zero-order chi connectivity index (χ0) is 21.4. The first-order chi connectivity index (χ1) is 13.8. The molecule has 0 spiro atoms. The molecule has 0 aromatic heterocycles. The number of hydrogen-bond acceptors (Lipinski definition) is 4. The SMILES string of the molecule is CCC(=O)Nc1cc(NC(=S)NC(=O)c2cccc(OC(C)CC)c2)ccc1C. The van der Waals surface area contributed by atoms with E-state index in [1.807, 2.05) is 39.0 Å². The lowest BCUT2D eigenvalue weighted by Gasteiger charge is -2.14. The molecule has 7 heteroatoms. The van der Waals surface area contributed by atoms with Crippen molar-refractivity contribution in [1.29, 1.82) is 0 Å². The Morgan fingerprint density at radius 2 is 1.86 bits per heavy atom. The summed E-state index contributed by atoms with van der Waals surface area (Å²) in [5.41, 5.74) is 2.76. The lowest BCUT2D eigenvalue weighted by molar-refractivity contribution is -0.115. The van der Waals surface area contributed by atoms with Crippen molar-refractivity contribution < 1.29 is 14.3 Å². The van der Waals surface area contributed by atoms with Gasteiger partial charge in [0.2, 0.25) is 5.91 Å². The van der Waals surface area contributed by atoms with Crippen LogP contribution >= 0.6 is 12.2 Å². The van der Waals surface area contributed by atoms with Crippen molar-refractivity contribution in [2.45, 2.75) is 46.6 Å². The van der Waals surface area contributed by atoms with Gasteiger partial charge in [0, 0.05) is 23.4 Å². The van der Waals surface area contributed by atoms with Crippen LogP contribution in [0.2, 0.25) is 0 Å². The first-order valence-corrected chi connectivity index (χ1v) is 10.0. The van der Waals surface area contributed by atoms with E-state index in [2.05, 4.69) is 16.0 Å². The van der Waals surface area contributed by atoms with Crippen LogP contribution in [0, 0.1) is 6.92 Å². The molecule has 0 saturated heterocycles. The molecule has 0 heterocycles. The number of benzene rings is 2. The van der Waals surface area contributed by atoms with Gasteiger partial charge in [-0.2, -0.15) is 0 Å². The van der Waals surface area contributed by atoms with Gasteiger partial charge in [-0.1, -0.05) is 26.0 Å². The highest BCUT2D eigenvalue weighted by molar-refractivity contribution is 7.80. The average Bonchev–Trinajstić information content (AvgIpc) is 2.70. The quantitative estimate of drug-likeness (QED) is 0.576. The fraction of sp³-hybridized carbons (Fsp3) is 0.318. The van der Waals surface area contributed by atoms with Crippen LogP contribution in [0.4, 0.5) is 11.4 Å². The fourth-order valence-corrected chi connectivity index (χ4v) is 2.65. The van der Waals surface area contributed by atoms with Crippen molar-refractivity contribution in [3.8, 4) is 5.75 Å². The lowest BCUT2D eigenvalue weighted by Crippen LogP contribution is -2.34. The fourth-order valence-electron chi connectivity index (χ4n) is 2.44. The van der Waals surface area contributed by atoms with Crippen LogP contribution in [0.15, 0.2) is 42.5 Å². The molecular formula is C22H27N3O3S. The Bertz CT molecular complexity index is 899. The molecule has 0 aliphatic rings. The van der Waals surface area contributed by atoms with Crippen LogP contribution in [-0.4, -0.2) is 23.0 Å². The molecule has 1 atom stereocenters. The second-order valence-electron chi connectivity index (χ2n) is 6.70. The monoisotopic (exact) mass is 413 g/mol. The van der Waals surface area contributed by atoms with Gasteiger partial charge in [0.1, 0.15) is 5.75 Å². The second-order valence-corrected chi connectivity index (χ2v) is 7.11. The van der Waals surface area contributed by atoms with Gasteiger partial charge in [-0.3, -0.25) is 14.9 Å². The van der Waals surface area contributed by atoms with E-state index in [4.69, 9.17) is 17.0 Å². The number of amides is 2. The third-order valence-electron chi connectivity index (χ3n) is 4.33. The van der Waals surface area contributed by atoms with Crippen molar-refractivity contribution in [2.75, 3.05) is 10.6 Å². The second kappa shape index (κ2) is 10.6. The summed E-state index contributed by atoms with van der Waals surface area (Å²) in [6.07, 6.45) is 1.34. The third kappa shape index (κ3) is 6.87. The molecule has 154 valence electrons. The van der Waals surface area contributed by atoms with Crippen molar-refractivity contribution in [2.24, 2.45) is 0 Å². The zero-order valence-electron chi connectivity index (χ0n) is 17.2. The molecule has 0 saturated carbocycles. The Morgan fingerprint density at radius 1 is 1.10 bits per heavy atom. The zero-order valence-corrected chi connectivity index (χ0v) is 18.0. The lowest BCUT2D eigenvalue weighted by atomic mass is 10.1. The molecule has 2 aromatic rings. The summed E-state index contributed by atoms with van der Waals surface area (Å²) < 4.78 is 5.76. The highest BCUT2D eigenvalue weighted by Crippen LogP contribution is 2.21. The molecule has 0 bridgehead atoms. The van der Waals surface area contributed by atoms with E-state index >= 15 is 0 Å². The maximum Gasteiger partial charge on any atom is 0.257 e. The summed E-state index contributed by atoms with van der Waals surface area (Å²) in [5.74, 6) is 0.241. The predicted molar refractivity (Wildman–Crippen MR) is 121 cm³/mol. The van der Waals surface area contributed by atoms with Gasteiger partial charge in [-0.15, -0.1) is 0 Å². The van der Waals surface area contributed by atoms with Gasteiger partial charge in [0.25, 0.3) is 5.91 Å². The standard InChI is InChI=1S/C22H27N3O3S/c1-5-15(4)28-18-9-7-8-16(12-18)21(27)25-22(29)23-17-11-10-14(3)19(13-17)24-20(26)6-2/h7-13,15H,5-6H2,1-4H3,(H,24,26)(H2,23,25,27,29). The third-order valence-corrected chi connectivity index (χ3v) is 4.53. The number of hydrogen-bond donors (Lipinski definition) is 3. The minimum atomic E-state index is -0.330. The topological polar surface area (TPSA) is 79.5 Å². The molecule has 2 amide bonds. The molecule has 0 fully saturated rings. The summed E-state index contributed by atoms with van der Waals surface area (Å²) in [6.45, 7) is 7.71. The molecule has 0 aliphatic carbocycles. The van der Waals surface area contributed by atoms with Crippen LogP contribution in [0.5, 0.6) is 5.75 Å². The van der Waals surface area contributed by atoms with Gasteiger partial charge in [0.05, 0.1) is 6.10 Å². The molecule has 2 rings (SSSR count). The largest absolute Gasteiger partial charge is 0.491 e. The summed E-state index contributed by atoms with van der Waals surface area (Å²) in [7, 11) is 0. The highest BCUT2D eigenvalue weighted by Gasteiger charge is 2.11. The maximum absolute atomic E-state index is 12.5. The number of thiocarbonyl (C=S) groups is 1. The van der Waals surface area contributed by atoms with Gasteiger partial charge in [-0.05, 0) is 68.4 Å². The van der Waals surface area contributed by atoms with Crippen molar-refractivity contribution >= 4 is 40.5 Å². The van der Waals surface area contributed by atoms with Crippen LogP contribution < -0.4 is 20.7 Å². The molecule has 3 N–H and O–H groups in total. The maximum atomic E-state index is 12.5. The molecule has 29 heavy (non-hydrogen) atoms. The number of nitrogens with one attached hydrogen (secondary N) is 3. The summed E-state index contributed by atoms with van der Waals surface area (Å²) in [5, 5.41) is 8.65. The van der Waals surface area contributed by atoms with Gasteiger partial charge < -0.3 is 15.4 Å². The van der Waals surface area contributed by atoms with Gasteiger partial charge in [0.15, 0.2) is 5.11 Å². The molecule has 0 radical (unpaired) electrons. The molecule has 1 unspecified atom stereocenters. The summed E-state index contributed by atoms with van der Waals surface area (Å²) >= 11 is 5.26. The number of carbonyl (C=O) groups is 2. The molecule has 0 aliphatic heterocycles. The van der Waals surface area contributed by atoms with E-state index in [1.54, 1.807) is 31.2 Å². The Morgan fingerprint density at radius 3 is 2.55 bits per heavy atom. The van der Waals surface area contributed by atoms with Gasteiger partial charge in [-0.25, -0.2) is 0 Å². The smallest absolute Gasteiger partial charge is 0.257 e. The number of aryl methyl sites for hydroxylation is 1. The summed E-state index contributed by atoms with van der Waals surface area (Å²) in [4.78, 5) is 24.2. The van der Waals surface area contributed by atoms with E-state index in [9.17, 15) is 9.59 Å². The number of rotatable bonds is 7. The van der Waals surface area contributed by atoms with Crippen LogP contribution in [0.1, 0.15) is 49.5 Å². The van der Waals surface area contributed by atoms with E-state index in [0.29, 0.717) is 29.1 Å². The van der Waals surface area contributed by atoms with E-state index in [1.165, 1.54) is 0 Å². The summed E-state index contributed by atoms with van der Waals surface area (Å²) in [6, 6.07) is 12.5. The normalized spacial score (nSPS) is 11.3. The van der Waals surface area contributed by atoms with Crippen molar-refractivity contribution in [3.05, 3.63) is 53.6 Å². The first-order valence-electron chi connectivity index (χ1n) is 9.61. The van der Waals surface area contributed by atoms with E-state index in [-0.39, 0.29) is 23.0 Å². The average molecular weight is 414 g/mol. The molecule has 2 aromatic carbocycles. The Balaban J connectivity index is 2.02. The predicted octanol–water partition coefficient (Wildman–Crippen LogP) is 4.65. The van der Waals surface area contributed by atoms with E-state index in [0.717, 1.165) is 12.0 Å². The number of carbonyl (C=O) groups excluding carboxylic acids is 2. The Labute approximate surface area is 177 Å². The number of ether oxygens (including phenoxy) is 1. The van der Waals surface area contributed by atoms with Gasteiger partial charge >= 0.3 is 0 Å². The Hall–Kier alpha value is -2.93. The van der Waals surface area contributed by atoms with Crippen molar-refractivity contribution in [3.63, 3.8) is 0 Å². The molecule has 6 nitrogen and oxygen atoms in total. The first kappa shape index (κ1) is 22.4. The minimum absolute atomic E-state index is 0.0689. The minimum Gasteiger partial charge on any atom is -0.491 e. The van der Waals surface area contributed by atoms with E-state index < -0.39 is 0 Å². The highest BCUT2D eigenvalue weighted by atomic mass is 32.1. The Kier molecular flexibility index (Phi) is 8.15. The molecular weight excluding hydrogens is 386 g/mol. The number of anilines is 2. The van der Waals surface area contributed by atoms with Crippen molar-refractivity contribution in [1.82, 2.24) is 5.32 Å².